The third-order valence-electron chi connectivity index (χ3n) is 6.58. The lowest BCUT2D eigenvalue weighted by Crippen LogP contribution is -2.37. The summed E-state index contributed by atoms with van der Waals surface area (Å²) in [5, 5.41) is 2.65. The van der Waals surface area contributed by atoms with Crippen LogP contribution in [-0.4, -0.2) is 65.8 Å². The number of unbranched alkanes of at least 4 members (excludes halogenated alkanes) is 13. The second-order valence-electron chi connectivity index (χ2n) is 11.6. The highest BCUT2D eigenvalue weighted by Gasteiger charge is 2.29. The van der Waals surface area contributed by atoms with Crippen LogP contribution in [-0.2, 0) is 19.2 Å². The van der Waals surface area contributed by atoms with E-state index in [1.54, 1.807) is 0 Å². The Bertz CT molecular complexity index is 663. The molecule has 0 rings (SSSR count). The Morgan fingerprint density at radius 2 is 1.16 bits per heavy atom. The average Bonchev–Trinajstić information content (AvgIpc) is 2.81. The average molecular weight is 544 g/mol. The molecule has 0 aliphatic carbocycles. The number of Topliss-reactive ketones (excluding diaryl/α,β-unsaturated/α-hetero) is 1. The van der Waals surface area contributed by atoms with Crippen LogP contribution in [0.25, 0.3) is 0 Å². The van der Waals surface area contributed by atoms with Crippen molar-refractivity contribution in [1.82, 2.24) is 5.32 Å². The van der Waals surface area contributed by atoms with Crippen LogP contribution in [0.1, 0.15) is 129 Å². The maximum atomic E-state index is 12.5. The Hall–Kier alpha value is -1.17. The number of ketones is 1. The fourth-order valence-corrected chi connectivity index (χ4v) is 5.31. The van der Waals surface area contributed by atoms with Crippen LogP contribution in [0, 0.1) is 0 Å². The molecule has 0 aliphatic heterocycles. The molecule has 2 unspecified atom stereocenters. The maximum absolute atomic E-state index is 12.5. The highest BCUT2D eigenvalue weighted by Crippen LogP contribution is 2.36. The predicted molar refractivity (Wildman–Crippen MR) is 153 cm³/mol. The number of quaternary nitrogens is 1. The molecule has 1 amide bonds. The summed E-state index contributed by atoms with van der Waals surface area (Å²) in [6, 6.07) is -0.674. The Morgan fingerprint density at radius 3 is 1.59 bits per heavy atom. The Kier molecular flexibility index (Phi) is 21.0. The summed E-state index contributed by atoms with van der Waals surface area (Å²) in [6.45, 7) is 4.11. The number of nitrogens with zero attached hydrogens (tertiary/aromatic N) is 1. The van der Waals surface area contributed by atoms with Crippen molar-refractivity contribution in [3.63, 3.8) is 0 Å². The third kappa shape index (κ3) is 22.5. The first kappa shape index (κ1) is 35.8. The van der Waals surface area contributed by atoms with Crippen molar-refractivity contribution in [2.45, 2.75) is 135 Å². The molecule has 2 N–H and O–H groups in total. The largest absolute Gasteiger partial charge is 0.360 e. The minimum atomic E-state index is -2.42. The Morgan fingerprint density at radius 1 is 0.703 bits per heavy atom. The van der Waals surface area contributed by atoms with Crippen LogP contribution in [0.4, 0.5) is 0 Å². The van der Waals surface area contributed by atoms with E-state index < -0.39 is 25.2 Å². The molecule has 0 heterocycles. The summed E-state index contributed by atoms with van der Waals surface area (Å²) in [4.78, 5) is 58.9. The molecule has 0 bridgehead atoms. The third-order valence-corrected chi connectivity index (χ3v) is 7.93. The van der Waals surface area contributed by atoms with Crippen LogP contribution < -0.4 is 5.32 Å². The van der Waals surface area contributed by atoms with Crippen molar-refractivity contribution in [2.75, 3.05) is 27.7 Å². The first-order valence-corrected chi connectivity index (χ1v) is 15.9. The second-order valence-corrected chi connectivity index (χ2v) is 13.2. The van der Waals surface area contributed by atoms with E-state index in [2.05, 4.69) is 12.2 Å². The van der Waals surface area contributed by atoms with Gasteiger partial charge in [0.2, 0.25) is 5.91 Å². The van der Waals surface area contributed by atoms with Crippen molar-refractivity contribution < 1.29 is 28.6 Å². The predicted octanol–water partition coefficient (Wildman–Crippen LogP) is 6.25. The molecule has 2 atom stereocenters. The zero-order chi connectivity index (χ0) is 28.1. The van der Waals surface area contributed by atoms with Crippen molar-refractivity contribution in [3.05, 3.63) is 0 Å². The molecule has 8 heteroatoms. The van der Waals surface area contributed by atoms with Gasteiger partial charge in [0.1, 0.15) is 5.78 Å². The van der Waals surface area contributed by atoms with Crippen LogP contribution in [0.3, 0.4) is 0 Å². The zero-order valence-corrected chi connectivity index (χ0v) is 25.4. The topological polar surface area (TPSA) is 101 Å². The number of carbonyl (C=O) groups excluding carboxylic acids is 4. The van der Waals surface area contributed by atoms with Crippen LogP contribution in [0.5, 0.6) is 0 Å². The number of hydrogen-bond acceptors (Lipinski definition) is 5. The monoisotopic (exact) mass is 543 g/mol. The van der Waals surface area contributed by atoms with E-state index in [4.69, 9.17) is 0 Å². The van der Waals surface area contributed by atoms with Crippen molar-refractivity contribution in [2.24, 2.45) is 0 Å². The summed E-state index contributed by atoms with van der Waals surface area (Å²) in [6.07, 6.45) is 18.0. The standard InChI is InChI=1S/C29H55N2O5P/c1-6-7-8-9-10-11-12-13-14-15-16-17-18-19-20-27(33)23-26(30-25(2)32)24-29(35)37(36)28(34)21-22-31(3,4)5/h26,36H,6-24H2,1-5H3/p+1. The molecular formula is C29H56N2O5P+. The molecule has 216 valence electrons. The second kappa shape index (κ2) is 21.7. The van der Waals surface area contributed by atoms with E-state index >= 15 is 0 Å². The lowest BCUT2D eigenvalue weighted by Gasteiger charge is -2.23. The zero-order valence-electron chi connectivity index (χ0n) is 24.5. The van der Waals surface area contributed by atoms with Crippen molar-refractivity contribution >= 4 is 30.9 Å². The van der Waals surface area contributed by atoms with Gasteiger partial charge in [0, 0.05) is 32.2 Å². The number of carbonyl (C=O) groups is 4. The molecule has 0 fully saturated rings. The molecule has 0 aliphatic rings. The smallest absolute Gasteiger partial charge is 0.217 e. The van der Waals surface area contributed by atoms with Crippen LogP contribution >= 0.6 is 8.15 Å². The van der Waals surface area contributed by atoms with Crippen LogP contribution in [0.15, 0.2) is 0 Å². The summed E-state index contributed by atoms with van der Waals surface area (Å²) in [5.41, 5.74) is -1.03. The molecular weight excluding hydrogens is 487 g/mol. The van der Waals surface area contributed by atoms with E-state index in [9.17, 15) is 24.1 Å². The Balaban J connectivity index is 4.10. The molecule has 0 spiro atoms. The van der Waals surface area contributed by atoms with Gasteiger partial charge in [0.05, 0.1) is 34.1 Å². The fraction of sp³-hybridized carbons (Fsp3) is 0.862. The van der Waals surface area contributed by atoms with E-state index in [1.807, 2.05) is 21.1 Å². The molecule has 0 aromatic rings. The van der Waals surface area contributed by atoms with Gasteiger partial charge in [-0.05, 0) is 6.42 Å². The van der Waals surface area contributed by atoms with Gasteiger partial charge in [-0.2, -0.15) is 0 Å². The van der Waals surface area contributed by atoms with E-state index in [1.165, 1.54) is 77.6 Å². The molecule has 0 radical (unpaired) electrons. The lowest BCUT2D eigenvalue weighted by molar-refractivity contribution is -0.869. The van der Waals surface area contributed by atoms with E-state index in [-0.39, 0.29) is 31.0 Å². The van der Waals surface area contributed by atoms with Gasteiger partial charge in [-0.25, -0.2) is 0 Å². The Labute approximate surface area is 228 Å². The van der Waals surface area contributed by atoms with Gasteiger partial charge in [0.25, 0.3) is 0 Å². The first-order valence-electron chi connectivity index (χ1n) is 14.6. The minimum Gasteiger partial charge on any atom is -0.360 e. The van der Waals surface area contributed by atoms with Gasteiger partial charge >= 0.3 is 0 Å². The first-order chi connectivity index (χ1) is 17.5. The minimum absolute atomic E-state index is 0.00381. The summed E-state index contributed by atoms with van der Waals surface area (Å²) in [5.74, 6) is -0.329. The molecule has 0 aromatic carbocycles. The van der Waals surface area contributed by atoms with Crippen LogP contribution in [0.2, 0.25) is 0 Å². The molecule has 37 heavy (non-hydrogen) atoms. The molecule has 0 saturated heterocycles. The summed E-state index contributed by atoms with van der Waals surface area (Å²) >= 11 is 0. The number of amides is 1. The van der Waals surface area contributed by atoms with Crippen molar-refractivity contribution in [3.8, 4) is 0 Å². The SMILES string of the molecule is CCCCCCCCCCCCCCCCC(=O)CC(CC(=O)P(O)C(=O)CC[N+](C)(C)C)NC(C)=O. The quantitative estimate of drug-likeness (QED) is 0.0805. The fourth-order valence-electron chi connectivity index (χ4n) is 4.33. The maximum Gasteiger partial charge on any atom is 0.217 e. The van der Waals surface area contributed by atoms with E-state index in [0.717, 1.165) is 19.3 Å². The molecule has 0 aromatic heterocycles. The highest BCUT2D eigenvalue weighted by atomic mass is 31.1. The van der Waals surface area contributed by atoms with E-state index in [0.29, 0.717) is 17.4 Å². The summed E-state index contributed by atoms with van der Waals surface area (Å²) in [7, 11) is 3.39. The van der Waals surface area contributed by atoms with Gasteiger partial charge in [-0.1, -0.05) is 90.4 Å². The molecule has 0 saturated carbocycles. The lowest BCUT2D eigenvalue weighted by atomic mass is 10.0. The summed E-state index contributed by atoms with van der Waals surface area (Å²) < 4.78 is 0.561. The van der Waals surface area contributed by atoms with Crippen molar-refractivity contribution in [1.29, 1.82) is 0 Å². The van der Waals surface area contributed by atoms with Gasteiger partial charge < -0.3 is 14.7 Å². The normalized spacial score (nSPS) is 13.2. The van der Waals surface area contributed by atoms with Gasteiger partial charge in [-0.15, -0.1) is 0 Å². The van der Waals surface area contributed by atoms with Gasteiger partial charge in [0.15, 0.2) is 19.2 Å². The highest BCUT2D eigenvalue weighted by molar-refractivity contribution is 7.84. The molecule has 7 nitrogen and oxygen atoms in total. The van der Waals surface area contributed by atoms with Gasteiger partial charge in [-0.3, -0.25) is 19.2 Å². The number of hydrogen-bond donors (Lipinski definition) is 2. The number of rotatable bonds is 25. The number of nitrogens with one attached hydrogen (secondary N) is 1.